The molecule has 0 spiro atoms. The fourth-order valence-corrected chi connectivity index (χ4v) is 1.55. The molecule has 3 N–H and O–H groups in total. The lowest BCUT2D eigenvalue weighted by atomic mass is 10.3. The van der Waals surface area contributed by atoms with Crippen LogP contribution in [0.2, 0.25) is 0 Å². The topological polar surface area (TPSA) is 95.3 Å². The number of nitrogens with one attached hydrogen (secondary N) is 1. The number of aromatic amines is 1. The summed E-state index contributed by atoms with van der Waals surface area (Å²) in [7, 11) is 0. The summed E-state index contributed by atoms with van der Waals surface area (Å²) in [6.45, 7) is 2.45. The molecule has 0 unspecified atom stereocenters. The zero-order valence-electron chi connectivity index (χ0n) is 8.72. The van der Waals surface area contributed by atoms with Crippen molar-refractivity contribution in [3.05, 3.63) is 28.2 Å². The Hall–Kier alpha value is -1.73. The maximum absolute atomic E-state index is 11.9. The van der Waals surface area contributed by atoms with Gasteiger partial charge >= 0.3 is 0 Å². The molecule has 16 heavy (non-hydrogen) atoms. The average molecular weight is 223 g/mol. The van der Waals surface area contributed by atoms with E-state index < -0.39 is 0 Å². The Morgan fingerprint density at radius 2 is 2.00 bits per heavy atom. The van der Waals surface area contributed by atoms with Gasteiger partial charge in [-0.2, -0.15) is 5.10 Å². The van der Waals surface area contributed by atoms with Crippen LogP contribution in [0.3, 0.4) is 0 Å². The molecule has 7 heteroatoms. The summed E-state index contributed by atoms with van der Waals surface area (Å²) in [4.78, 5) is 24.4. The number of carbonyl (C=O) groups is 1. The number of aromatic nitrogens is 2. The normalized spacial score (nSPS) is 17.4. The predicted molar refractivity (Wildman–Crippen MR) is 56.5 cm³/mol. The second-order valence-corrected chi connectivity index (χ2v) is 3.63. The summed E-state index contributed by atoms with van der Waals surface area (Å²) in [5, 5.41) is 7.61. The molecule has 86 valence electrons. The van der Waals surface area contributed by atoms with Crippen molar-refractivity contribution in [2.24, 2.45) is 5.84 Å². The Morgan fingerprint density at radius 1 is 1.31 bits per heavy atom. The van der Waals surface area contributed by atoms with Crippen molar-refractivity contribution < 1.29 is 4.79 Å². The third kappa shape index (κ3) is 2.26. The number of nitrogens with two attached hydrogens (primary N) is 1. The highest BCUT2D eigenvalue weighted by atomic mass is 16.2. The van der Waals surface area contributed by atoms with E-state index in [0.29, 0.717) is 26.2 Å². The summed E-state index contributed by atoms with van der Waals surface area (Å²) >= 11 is 0. The molecular formula is C9H13N5O2. The first-order chi connectivity index (χ1) is 7.66. The van der Waals surface area contributed by atoms with E-state index in [-0.39, 0.29) is 17.2 Å². The number of H-pyrrole nitrogens is 1. The van der Waals surface area contributed by atoms with Crippen LogP contribution in [0, 0.1) is 0 Å². The van der Waals surface area contributed by atoms with Gasteiger partial charge in [-0.15, -0.1) is 0 Å². The maximum atomic E-state index is 11.9. The Balaban J connectivity index is 2.07. The first kappa shape index (κ1) is 10.8. The number of hydrazine groups is 1. The molecule has 1 aliphatic rings. The van der Waals surface area contributed by atoms with Crippen LogP contribution in [0.4, 0.5) is 0 Å². The molecule has 1 aromatic heterocycles. The van der Waals surface area contributed by atoms with Gasteiger partial charge < -0.3 is 4.90 Å². The molecule has 1 aromatic rings. The van der Waals surface area contributed by atoms with Gasteiger partial charge in [0.25, 0.3) is 11.5 Å². The van der Waals surface area contributed by atoms with Crippen molar-refractivity contribution in [3.8, 4) is 0 Å². The Morgan fingerprint density at radius 3 is 2.56 bits per heavy atom. The average Bonchev–Trinajstić information content (AvgIpc) is 2.30. The van der Waals surface area contributed by atoms with E-state index in [1.54, 1.807) is 9.91 Å². The molecule has 1 saturated heterocycles. The van der Waals surface area contributed by atoms with Gasteiger partial charge in [0.15, 0.2) is 0 Å². The molecule has 0 aliphatic carbocycles. The fraction of sp³-hybridized carbons (Fsp3) is 0.444. The van der Waals surface area contributed by atoms with E-state index in [9.17, 15) is 9.59 Å². The van der Waals surface area contributed by atoms with Crippen LogP contribution in [0.25, 0.3) is 0 Å². The lowest BCUT2D eigenvalue weighted by Crippen LogP contribution is -2.51. The van der Waals surface area contributed by atoms with Crippen molar-refractivity contribution in [1.29, 1.82) is 0 Å². The van der Waals surface area contributed by atoms with Crippen molar-refractivity contribution >= 4 is 5.91 Å². The lowest BCUT2D eigenvalue weighted by molar-refractivity contribution is 0.0631. The summed E-state index contributed by atoms with van der Waals surface area (Å²) in [5.74, 6) is 5.41. The van der Waals surface area contributed by atoms with Gasteiger partial charge in [0.2, 0.25) is 0 Å². The molecule has 2 heterocycles. The molecule has 0 aromatic carbocycles. The fourth-order valence-electron chi connectivity index (χ4n) is 1.55. The minimum Gasteiger partial charge on any atom is -0.335 e. The molecule has 0 radical (unpaired) electrons. The van der Waals surface area contributed by atoms with Crippen molar-refractivity contribution in [1.82, 2.24) is 20.1 Å². The third-order valence-electron chi connectivity index (χ3n) is 2.50. The van der Waals surface area contributed by atoms with Crippen LogP contribution < -0.4 is 11.4 Å². The SMILES string of the molecule is NN1CCN(C(=O)c2ccc(=O)[nH]n2)CC1. The van der Waals surface area contributed by atoms with Crippen molar-refractivity contribution in [2.75, 3.05) is 26.2 Å². The number of nitrogens with zero attached hydrogens (tertiary/aromatic N) is 3. The minimum atomic E-state index is -0.316. The molecule has 2 rings (SSSR count). The van der Waals surface area contributed by atoms with E-state index in [0.717, 1.165) is 0 Å². The Bertz CT molecular complexity index is 415. The molecule has 7 nitrogen and oxygen atoms in total. The van der Waals surface area contributed by atoms with Gasteiger partial charge in [-0.25, -0.2) is 10.1 Å². The van der Waals surface area contributed by atoms with Gasteiger partial charge in [0, 0.05) is 32.2 Å². The molecule has 0 bridgehead atoms. The van der Waals surface area contributed by atoms with Crippen LogP contribution in [0.5, 0.6) is 0 Å². The molecule has 0 atom stereocenters. The van der Waals surface area contributed by atoms with E-state index in [1.165, 1.54) is 12.1 Å². The van der Waals surface area contributed by atoms with Crippen LogP contribution in [-0.2, 0) is 0 Å². The summed E-state index contributed by atoms with van der Waals surface area (Å²) < 4.78 is 0. The highest BCUT2D eigenvalue weighted by Crippen LogP contribution is 2.03. The van der Waals surface area contributed by atoms with E-state index in [1.807, 2.05) is 0 Å². The number of carbonyl (C=O) groups excluding carboxylic acids is 1. The minimum absolute atomic E-state index is 0.177. The smallest absolute Gasteiger partial charge is 0.274 e. The van der Waals surface area contributed by atoms with Gasteiger partial charge in [-0.1, -0.05) is 0 Å². The van der Waals surface area contributed by atoms with E-state index >= 15 is 0 Å². The van der Waals surface area contributed by atoms with Crippen molar-refractivity contribution in [2.45, 2.75) is 0 Å². The number of piperazine rings is 1. The predicted octanol–water partition coefficient (Wildman–Crippen LogP) is -1.60. The van der Waals surface area contributed by atoms with Crippen LogP contribution in [0.15, 0.2) is 16.9 Å². The summed E-state index contributed by atoms with van der Waals surface area (Å²) in [6, 6.07) is 2.72. The molecule has 1 aliphatic heterocycles. The van der Waals surface area contributed by atoms with E-state index in [2.05, 4.69) is 10.2 Å². The number of rotatable bonds is 1. The number of amides is 1. The van der Waals surface area contributed by atoms with Crippen LogP contribution >= 0.6 is 0 Å². The first-order valence-electron chi connectivity index (χ1n) is 5.01. The second kappa shape index (κ2) is 4.42. The monoisotopic (exact) mass is 223 g/mol. The molecule has 0 saturated carbocycles. The van der Waals surface area contributed by atoms with E-state index in [4.69, 9.17) is 5.84 Å². The van der Waals surface area contributed by atoms with Crippen LogP contribution in [0.1, 0.15) is 10.5 Å². The highest BCUT2D eigenvalue weighted by molar-refractivity contribution is 5.92. The third-order valence-corrected chi connectivity index (χ3v) is 2.50. The Kier molecular flexibility index (Phi) is 2.97. The Labute approximate surface area is 91.8 Å². The van der Waals surface area contributed by atoms with Gasteiger partial charge in [0.1, 0.15) is 5.69 Å². The standard InChI is InChI=1S/C9H13N5O2/c10-14-5-3-13(4-6-14)9(16)7-1-2-8(15)12-11-7/h1-2H,3-6,10H2,(H,12,15). The largest absolute Gasteiger partial charge is 0.335 e. The maximum Gasteiger partial charge on any atom is 0.274 e. The molecule has 1 amide bonds. The van der Waals surface area contributed by atoms with Crippen molar-refractivity contribution in [3.63, 3.8) is 0 Å². The van der Waals surface area contributed by atoms with Crippen LogP contribution in [-0.4, -0.2) is 52.2 Å². The number of hydrogen-bond donors (Lipinski definition) is 2. The zero-order chi connectivity index (χ0) is 11.5. The zero-order valence-corrected chi connectivity index (χ0v) is 8.72. The quantitative estimate of drug-likeness (QED) is 0.559. The lowest BCUT2D eigenvalue weighted by Gasteiger charge is -2.31. The summed E-state index contributed by atoms with van der Waals surface area (Å²) in [6.07, 6.45) is 0. The second-order valence-electron chi connectivity index (χ2n) is 3.63. The van der Waals surface area contributed by atoms with Gasteiger partial charge in [-0.05, 0) is 6.07 Å². The first-order valence-corrected chi connectivity index (χ1v) is 5.01. The molecule has 1 fully saturated rings. The van der Waals surface area contributed by atoms with Gasteiger partial charge in [0.05, 0.1) is 0 Å². The van der Waals surface area contributed by atoms with Gasteiger partial charge in [-0.3, -0.25) is 15.4 Å². The molecular weight excluding hydrogens is 210 g/mol. The summed E-state index contributed by atoms with van der Waals surface area (Å²) in [5.41, 5.74) is -0.0617. The highest BCUT2D eigenvalue weighted by Gasteiger charge is 2.21. The number of hydrogen-bond acceptors (Lipinski definition) is 5.